The van der Waals surface area contributed by atoms with Gasteiger partial charge in [0.05, 0.1) is 0 Å². The van der Waals surface area contributed by atoms with Crippen LogP contribution >= 0.6 is 0 Å². The summed E-state index contributed by atoms with van der Waals surface area (Å²) in [7, 11) is 0. The Hall–Kier alpha value is -2.16. The lowest BCUT2D eigenvalue weighted by molar-refractivity contribution is 0.0943. The highest BCUT2D eigenvalue weighted by Crippen LogP contribution is 2.18. The molecule has 1 aromatic heterocycles. The second-order valence-corrected chi connectivity index (χ2v) is 4.45. The first-order valence-electron chi connectivity index (χ1n) is 5.98. The number of carbonyl (C=O) groups is 1. The number of pyridine rings is 1. The Kier molecular flexibility index (Phi) is 3.72. The van der Waals surface area contributed by atoms with Crippen molar-refractivity contribution in [1.82, 2.24) is 10.3 Å². The highest BCUT2D eigenvalue weighted by molar-refractivity contribution is 5.94. The third-order valence-corrected chi connectivity index (χ3v) is 2.56. The van der Waals surface area contributed by atoms with Gasteiger partial charge in [0.1, 0.15) is 0 Å². The van der Waals surface area contributed by atoms with Crippen LogP contribution in [-0.2, 0) is 0 Å². The number of nitrogens with one attached hydrogen (secondary N) is 1. The number of hydrogen-bond donors (Lipinski definition) is 1. The van der Waals surface area contributed by atoms with Crippen LogP contribution in [0.4, 0.5) is 0 Å². The van der Waals surface area contributed by atoms with Crippen molar-refractivity contribution in [3.8, 4) is 11.1 Å². The maximum atomic E-state index is 11.8. The highest BCUT2D eigenvalue weighted by atomic mass is 16.1. The van der Waals surface area contributed by atoms with E-state index < -0.39 is 0 Å². The maximum absolute atomic E-state index is 11.8. The summed E-state index contributed by atoms with van der Waals surface area (Å²) in [6.07, 6.45) is 3.55. The van der Waals surface area contributed by atoms with Crippen molar-refractivity contribution in [2.24, 2.45) is 0 Å². The van der Waals surface area contributed by atoms with Crippen molar-refractivity contribution in [2.45, 2.75) is 19.9 Å². The van der Waals surface area contributed by atoms with Crippen LogP contribution < -0.4 is 5.32 Å². The molecule has 1 amide bonds. The molecule has 0 saturated heterocycles. The average molecular weight is 240 g/mol. The maximum Gasteiger partial charge on any atom is 0.251 e. The minimum atomic E-state index is -0.0391. The third-order valence-electron chi connectivity index (χ3n) is 2.56. The van der Waals surface area contributed by atoms with E-state index in [9.17, 15) is 4.79 Å². The monoisotopic (exact) mass is 240 g/mol. The zero-order valence-corrected chi connectivity index (χ0v) is 10.6. The summed E-state index contributed by atoms with van der Waals surface area (Å²) in [6.45, 7) is 3.89. The van der Waals surface area contributed by atoms with Gasteiger partial charge in [-0.1, -0.05) is 18.2 Å². The second kappa shape index (κ2) is 5.45. The molecule has 3 heteroatoms. The van der Waals surface area contributed by atoms with Gasteiger partial charge >= 0.3 is 0 Å². The fourth-order valence-electron chi connectivity index (χ4n) is 1.69. The average Bonchev–Trinajstić information content (AvgIpc) is 2.39. The molecule has 2 aromatic rings. The Labute approximate surface area is 107 Å². The Balaban J connectivity index is 2.18. The molecule has 1 aromatic carbocycles. The molecule has 92 valence electrons. The van der Waals surface area contributed by atoms with Crippen molar-refractivity contribution >= 4 is 5.91 Å². The van der Waals surface area contributed by atoms with Gasteiger partial charge in [0.25, 0.3) is 5.91 Å². The van der Waals surface area contributed by atoms with E-state index in [1.807, 2.05) is 56.4 Å². The Morgan fingerprint density at radius 3 is 2.39 bits per heavy atom. The predicted octanol–water partition coefficient (Wildman–Crippen LogP) is 2.89. The van der Waals surface area contributed by atoms with Crippen LogP contribution in [0.15, 0.2) is 48.8 Å². The molecule has 0 aliphatic rings. The fourth-order valence-corrected chi connectivity index (χ4v) is 1.69. The van der Waals surface area contributed by atoms with Crippen molar-refractivity contribution in [1.29, 1.82) is 0 Å². The van der Waals surface area contributed by atoms with Gasteiger partial charge in [-0.25, -0.2) is 0 Å². The van der Waals surface area contributed by atoms with Gasteiger partial charge in [-0.15, -0.1) is 0 Å². The molecule has 0 aliphatic heterocycles. The number of rotatable bonds is 3. The Bertz CT molecular complexity index is 518. The van der Waals surface area contributed by atoms with Crippen LogP contribution in [-0.4, -0.2) is 16.9 Å². The van der Waals surface area contributed by atoms with Gasteiger partial charge in [-0.05, 0) is 43.2 Å². The van der Waals surface area contributed by atoms with E-state index in [0.717, 1.165) is 11.1 Å². The fraction of sp³-hybridized carbons (Fsp3) is 0.200. The second-order valence-electron chi connectivity index (χ2n) is 4.45. The topological polar surface area (TPSA) is 42.0 Å². The van der Waals surface area contributed by atoms with E-state index in [4.69, 9.17) is 0 Å². The van der Waals surface area contributed by atoms with E-state index in [1.54, 1.807) is 6.20 Å². The van der Waals surface area contributed by atoms with Crippen LogP contribution in [0.3, 0.4) is 0 Å². The van der Waals surface area contributed by atoms with E-state index in [0.29, 0.717) is 5.56 Å². The lowest BCUT2D eigenvalue weighted by atomic mass is 10.1. The van der Waals surface area contributed by atoms with Crippen LogP contribution in [0.1, 0.15) is 24.2 Å². The number of amides is 1. The molecule has 0 unspecified atom stereocenters. The summed E-state index contributed by atoms with van der Waals surface area (Å²) < 4.78 is 0. The van der Waals surface area contributed by atoms with Crippen LogP contribution in [0.25, 0.3) is 11.1 Å². The highest BCUT2D eigenvalue weighted by Gasteiger charge is 2.06. The number of aromatic nitrogens is 1. The van der Waals surface area contributed by atoms with Gasteiger partial charge in [-0.2, -0.15) is 0 Å². The predicted molar refractivity (Wildman–Crippen MR) is 72.3 cm³/mol. The molecule has 0 bridgehead atoms. The minimum Gasteiger partial charge on any atom is -0.350 e. The molecule has 0 spiro atoms. The lowest BCUT2D eigenvalue weighted by Crippen LogP contribution is -2.29. The van der Waals surface area contributed by atoms with E-state index in [-0.39, 0.29) is 11.9 Å². The molecule has 1 heterocycles. The van der Waals surface area contributed by atoms with Crippen LogP contribution in [0.5, 0.6) is 0 Å². The van der Waals surface area contributed by atoms with E-state index in [1.165, 1.54) is 0 Å². The molecule has 2 rings (SSSR count). The number of carbonyl (C=O) groups excluding carboxylic acids is 1. The molecule has 0 saturated carbocycles. The van der Waals surface area contributed by atoms with Gasteiger partial charge in [0.2, 0.25) is 0 Å². The van der Waals surface area contributed by atoms with Crippen molar-refractivity contribution in [2.75, 3.05) is 0 Å². The standard InChI is InChI=1S/C15H16N2O/c1-11(2)17-15(18)13-7-5-12(6-8-13)14-4-3-9-16-10-14/h3-11H,1-2H3,(H,17,18). The summed E-state index contributed by atoms with van der Waals surface area (Å²) >= 11 is 0. The number of benzene rings is 1. The van der Waals surface area contributed by atoms with Crippen molar-refractivity contribution < 1.29 is 4.79 Å². The first-order valence-corrected chi connectivity index (χ1v) is 5.98. The van der Waals surface area contributed by atoms with Crippen LogP contribution in [0, 0.1) is 0 Å². The summed E-state index contributed by atoms with van der Waals surface area (Å²) in [5.74, 6) is -0.0391. The quantitative estimate of drug-likeness (QED) is 0.896. The number of nitrogens with zero attached hydrogens (tertiary/aromatic N) is 1. The van der Waals surface area contributed by atoms with Gasteiger partial charge in [-0.3, -0.25) is 9.78 Å². The lowest BCUT2D eigenvalue weighted by Gasteiger charge is -2.08. The largest absolute Gasteiger partial charge is 0.350 e. The third kappa shape index (κ3) is 2.94. The van der Waals surface area contributed by atoms with Gasteiger partial charge < -0.3 is 5.32 Å². The van der Waals surface area contributed by atoms with Crippen LogP contribution in [0.2, 0.25) is 0 Å². The van der Waals surface area contributed by atoms with Gasteiger partial charge in [0.15, 0.2) is 0 Å². The first-order chi connectivity index (χ1) is 8.66. The van der Waals surface area contributed by atoms with E-state index in [2.05, 4.69) is 10.3 Å². The number of hydrogen-bond acceptors (Lipinski definition) is 2. The summed E-state index contributed by atoms with van der Waals surface area (Å²) in [4.78, 5) is 15.9. The van der Waals surface area contributed by atoms with Gasteiger partial charge in [0, 0.05) is 24.0 Å². The molecule has 0 aliphatic carbocycles. The molecular formula is C15H16N2O. The Morgan fingerprint density at radius 1 is 1.11 bits per heavy atom. The molecule has 1 N–H and O–H groups in total. The zero-order valence-electron chi connectivity index (χ0n) is 10.6. The molecule has 18 heavy (non-hydrogen) atoms. The molecule has 3 nitrogen and oxygen atoms in total. The molecule has 0 fully saturated rings. The SMILES string of the molecule is CC(C)NC(=O)c1ccc(-c2cccnc2)cc1. The molecule has 0 atom stereocenters. The van der Waals surface area contributed by atoms with Crippen molar-refractivity contribution in [3.05, 3.63) is 54.4 Å². The summed E-state index contributed by atoms with van der Waals surface area (Å²) in [6, 6.07) is 11.6. The summed E-state index contributed by atoms with van der Waals surface area (Å²) in [5.41, 5.74) is 2.79. The first kappa shape index (κ1) is 12.3. The Morgan fingerprint density at radius 2 is 1.83 bits per heavy atom. The summed E-state index contributed by atoms with van der Waals surface area (Å²) in [5, 5.41) is 2.87. The van der Waals surface area contributed by atoms with E-state index >= 15 is 0 Å². The minimum absolute atomic E-state index is 0.0391. The normalized spacial score (nSPS) is 10.4. The zero-order chi connectivity index (χ0) is 13.0. The molecule has 0 radical (unpaired) electrons. The van der Waals surface area contributed by atoms with Crippen molar-refractivity contribution in [3.63, 3.8) is 0 Å². The molecular weight excluding hydrogens is 224 g/mol. The smallest absolute Gasteiger partial charge is 0.251 e.